The van der Waals surface area contributed by atoms with E-state index in [9.17, 15) is 8.42 Å². The normalized spacial score (nSPS) is 13.1. The van der Waals surface area contributed by atoms with E-state index in [1.165, 1.54) is 29.8 Å². The minimum atomic E-state index is -3.73. The molecule has 0 aliphatic heterocycles. The number of anilines is 1. The van der Waals surface area contributed by atoms with Crippen molar-refractivity contribution in [2.24, 2.45) is 5.84 Å². The zero-order valence-electron chi connectivity index (χ0n) is 10.8. The van der Waals surface area contributed by atoms with Crippen LogP contribution in [0.4, 0.5) is 5.69 Å². The summed E-state index contributed by atoms with van der Waals surface area (Å²) in [7, 11) is -3.73. The van der Waals surface area contributed by atoms with Crippen LogP contribution < -0.4 is 16.0 Å². The third-order valence-corrected chi connectivity index (χ3v) is 5.07. The molecular weight excluding hydrogens is 298 g/mol. The maximum absolute atomic E-state index is 12.4. The van der Waals surface area contributed by atoms with E-state index in [2.05, 4.69) is 20.1 Å². The van der Waals surface area contributed by atoms with Crippen molar-refractivity contribution in [3.05, 3.63) is 35.0 Å². The fourth-order valence-corrected chi connectivity index (χ4v) is 3.92. The molecule has 7 nitrogen and oxygen atoms in total. The number of nitrogens with one attached hydrogen (secondary N) is 2. The van der Waals surface area contributed by atoms with Gasteiger partial charge in [-0.05, 0) is 12.5 Å². The number of hydrogen-bond acceptors (Lipinski definition) is 7. The fourth-order valence-electron chi connectivity index (χ4n) is 1.68. The Morgan fingerprint density at radius 3 is 2.85 bits per heavy atom. The number of nitrogens with zero attached hydrogens (tertiary/aromatic N) is 2. The van der Waals surface area contributed by atoms with Crippen LogP contribution in [0.2, 0.25) is 0 Å². The van der Waals surface area contributed by atoms with Gasteiger partial charge in [-0.1, -0.05) is 6.92 Å². The van der Waals surface area contributed by atoms with E-state index in [-0.39, 0.29) is 10.9 Å². The van der Waals surface area contributed by atoms with Crippen molar-refractivity contribution in [2.45, 2.75) is 24.3 Å². The zero-order chi connectivity index (χ0) is 14.6. The molecular formula is C11H15N5O2S2. The summed E-state index contributed by atoms with van der Waals surface area (Å²) in [4.78, 5) is 7.98. The van der Waals surface area contributed by atoms with Gasteiger partial charge in [-0.25, -0.2) is 18.1 Å². The smallest absolute Gasteiger partial charge is 0.244 e. The van der Waals surface area contributed by atoms with Crippen LogP contribution in [0.1, 0.15) is 24.4 Å². The number of hydrogen-bond donors (Lipinski definition) is 3. The first-order valence-corrected chi connectivity index (χ1v) is 8.27. The lowest BCUT2D eigenvalue weighted by molar-refractivity contribution is 0.549. The Balaban J connectivity index is 2.31. The maximum Gasteiger partial charge on any atom is 0.244 e. The van der Waals surface area contributed by atoms with Gasteiger partial charge in [-0.2, -0.15) is 0 Å². The topological polar surface area (TPSA) is 110 Å². The SMILES string of the molecule is CCC(NS(=O)(=O)c1cnccc1NN)c1nccs1. The largest absolute Gasteiger partial charge is 0.323 e. The molecule has 0 fully saturated rings. The molecule has 0 spiro atoms. The minimum absolute atomic E-state index is 0.0116. The van der Waals surface area contributed by atoms with E-state index in [4.69, 9.17) is 5.84 Å². The van der Waals surface area contributed by atoms with Crippen molar-refractivity contribution in [3.8, 4) is 0 Å². The van der Waals surface area contributed by atoms with Gasteiger partial charge in [-0.15, -0.1) is 11.3 Å². The highest BCUT2D eigenvalue weighted by Gasteiger charge is 2.24. The van der Waals surface area contributed by atoms with Crippen LogP contribution in [0.3, 0.4) is 0 Å². The van der Waals surface area contributed by atoms with Crippen LogP contribution in [0, 0.1) is 0 Å². The Bertz CT molecular complexity index is 657. The number of nitrogens with two attached hydrogens (primary N) is 1. The Morgan fingerprint density at radius 1 is 1.45 bits per heavy atom. The van der Waals surface area contributed by atoms with E-state index in [0.29, 0.717) is 12.1 Å². The summed E-state index contributed by atoms with van der Waals surface area (Å²) in [6.07, 6.45) is 4.96. The number of hydrazine groups is 1. The Labute approximate surface area is 121 Å². The molecule has 0 amide bonds. The number of pyridine rings is 1. The van der Waals surface area contributed by atoms with Crippen LogP contribution >= 0.6 is 11.3 Å². The fraction of sp³-hybridized carbons (Fsp3) is 0.273. The number of rotatable bonds is 6. The van der Waals surface area contributed by atoms with Crippen LogP contribution in [-0.2, 0) is 10.0 Å². The maximum atomic E-state index is 12.4. The second kappa shape index (κ2) is 6.27. The predicted molar refractivity (Wildman–Crippen MR) is 77.5 cm³/mol. The molecule has 0 aromatic carbocycles. The van der Waals surface area contributed by atoms with Crippen molar-refractivity contribution in [1.82, 2.24) is 14.7 Å². The average Bonchev–Trinajstić information content (AvgIpc) is 2.98. The second-order valence-electron chi connectivity index (χ2n) is 3.97. The Kier molecular flexibility index (Phi) is 4.65. The molecule has 0 saturated heterocycles. The summed E-state index contributed by atoms with van der Waals surface area (Å²) in [5.74, 6) is 5.32. The van der Waals surface area contributed by atoms with Crippen LogP contribution in [0.25, 0.3) is 0 Å². The van der Waals surface area contributed by atoms with Crippen molar-refractivity contribution in [3.63, 3.8) is 0 Å². The Morgan fingerprint density at radius 2 is 2.25 bits per heavy atom. The summed E-state index contributed by atoms with van der Waals surface area (Å²) < 4.78 is 27.4. The van der Waals surface area contributed by atoms with Crippen molar-refractivity contribution < 1.29 is 8.42 Å². The van der Waals surface area contributed by atoms with E-state index in [1.807, 2.05) is 12.3 Å². The van der Waals surface area contributed by atoms with Crippen LogP contribution in [0.15, 0.2) is 34.9 Å². The molecule has 0 aliphatic carbocycles. The van der Waals surface area contributed by atoms with Gasteiger partial charge in [0.25, 0.3) is 0 Å². The molecule has 0 saturated carbocycles. The molecule has 1 unspecified atom stereocenters. The molecule has 0 radical (unpaired) electrons. The highest BCUT2D eigenvalue weighted by Crippen LogP contribution is 2.24. The first kappa shape index (κ1) is 14.9. The summed E-state index contributed by atoms with van der Waals surface area (Å²) in [6, 6.07) is 1.13. The van der Waals surface area contributed by atoms with Gasteiger partial charge >= 0.3 is 0 Å². The number of aromatic nitrogens is 2. The van der Waals surface area contributed by atoms with E-state index < -0.39 is 10.0 Å². The van der Waals surface area contributed by atoms with Crippen molar-refractivity contribution in [2.75, 3.05) is 5.43 Å². The van der Waals surface area contributed by atoms with Gasteiger partial charge in [0.1, 0.15) is 9.90 Å². The summed E-state index contributed by atoms with van der Waals surface area (Å²) in [5.41, 5.74) is 2.65. The molecule has 2 rings (SSSR count). The van der Waals surface area contributed by atoms with Crippen LogP contribution in [-0.4, -0.2) is 18.4 Å². The zero-order valence-corrected chi connectivity index (χ0v) is 12.4. The summed E-state index contributed by atoms with van der Waals surface area (Å²) in [6.45, 7) is 1.89. The average molecular weight is 313 g/mol. The third kappa shape index (κ3) is 3.12. The predicted octanol–water partition coefficient (Wildman–Crippen LogP) is 1.25. The quantitative estimate of drug-likeness (QED) is 0.547. The molecule has 1 atom stereocenters. The molecule has 9 heteroatoms. The van der Waals surface area contributed by atoms with Gasteiger partial charge < -0.3 is 5.43 Å². The molecule has 20 heavy (non-hydrogen) atoms. The van der Waals surface area contributed by atoms with Crippen molar-refractivity contribution in [1.29, 1.82) is 0 Å². The van der Waals surface area contributed by atoms with Gasteiger partial charge in [-0.3, -0.25) is 10.8 Å². The molecule has 108 valence electrons. The number of thiazole rings is 1. The van der Waals surface area contributed by atoms with E-state index in [0.717, 1.165) is 5.01 Å². The number of nitrogen functional groups attached to an aromatic ring is 1. The monoisotopic (exact) mass is 313 g/mol. The van der Waals surface area contributed by atoms with Crippen molar-refractivity contribution >= 4 is 27.0 Å². The lowest BCUT2D eigenvalue weighted by Gasteiger charge is -2.16. The standard InChI is InChI=1S/C11H15N5O2S2/c1-2-8(11-14-5-6-19-11)16-20(17,18)10-7-13-4-3-9(10)15-12/h3-8,16H,2,12H2,1H3,(H,13,15). The highest BCUT2D eigenvalue weighted by molar-refractivity contribution is 7.89. The van der Waals surface area contributed by atoms with Crippen LogP contribution in [0.5, 0.6) is 0 Å². The molecule has 0 bridgehead atoms. The third-order valence-electron chi connectivity index (χ3n) is 2.68. The first-order valence-electron chi connectivity index (χ1n) is 5.91. The van der Waals surface area contributed by atoms with Gasteiger partial charge in [0, 0.05) is 24.0 Å². The molecule has 0 aliphatic rings. The summed E-state index contributed by atoms with van der Waals surface area (Å²) in [5, 5.41) is 2.53. The van der Waals surface area contributed by atoms with Gasteiger partial charge in [0.15, 0.2) is 0 Å². The Hall–Kier alpha value is -1.55. The molecule has 2 aromatic rings. The minimum Gasteiger partial charge on any atom is -0.323 e. The summed E-state index contributed by atoms with van der Waals surface area (Å²) >= 11 is 1.41. The van der Waals surface area contributed by atoms with E-state index >= 15 is 0 Å². The second-order valence-corrected chi connectivity index (χ2v) is 6.58. The van der Waals surface area contributed by atoms with Gasteiger partial charge in [0.2, 0.25) is 10.0 Å². The lowest BCUT2D eigenvalue weighted by atomic mass is 10.3. The van der Waals surface area contributed by atoms with Gasteiger partial charge in [0.05, 0.1) is 11.7 Å². The molecule has 2 heterocycles. The first-order chi connectivity index (χ1) is 9.58. The molecule has 2 aromatic heterocycles. The highest BCUT2D eigenvalue weighted by atomic mass is 32.2. The number of sulfonamides is 1. The van der Waals surface area contributed by atoms with E-state index in [1.54, 1.807) is 6.20 Å². The lowest BCUT2D eigenvalue weighted by Crippen LogP contribution is -2.29. The molecule has 4 N–H and O–H groups in total.